The van der Waals surface area contributed by atoms with Gasteiger partial charge in [-0.05, 0) is 31.4 Å². The molecule has 0 bridgehead atoms. The molecule has 1 aliphatic heterocycles. The van der Waals surface area contributed by atoms with Crippen LogP contribution in [0.1, 0.15) is 28.8 Å². The fraction of sp³-hybridized carbons (Fsp3) is 0.333. The smallest absolute Gasteiger partial charge is 0.254 e. The molecule has 0 atom stereocenters. The van der Waals surface area contributed by atoms with Crippen molar-refractivity contribution in [2.24, 2.45) is 0 Å². The lowest BCUT2D eigenvalue weighted by Gasteiger charge is -2.16. The Morgan fingerprint density at radius 3 is 2.50 bits per heavy atom. The fourth-order valence-electron chi connectivity index (χ4n) is 1.82. The van der Waals surface area contributed by atoms with Crippen molar-refractivity contribution < 1.29 is 4.79 Å². The molecule has 1 aromatic carbocycles. The molecule has 0 unspecified atom stereocenters. The van der Waals surface area contributed by atoms with Crippen LogP contribution in [-0.4, -0.2) is 23.9 Å². The molecule has 1 radical (unpaired) electrons. The van der Waals surface area contributed by atoms with Gasteiger partial charge >= 0.3 is 0 Å². The highest BCUT2D eigenvalue weighted by atomic mass is 16.2. The van der Waals surface area contributed by atoms with Crippen LogP contribution in [0.2, 0.25) is 0 Å². The van der Waals surface area contributed by atoms with Crippen LogP contribution in [0.15, 0.2) is 24.3 Å². The number of hydrogen-bond acceptors (Lipinski definition) is 1. The van der Waals surface area contributed by atoms with Gasteiger partial charge in [0.1, 0.15) is 0 Å². The number of nitrogens with zero attached hydrogens (tertiary/aromatic N) is 1. The standard InChI is InChI=1S/C12H14NO/c1-10-6-2-3-7-11(10)12(14)13-8-4-5-9-13/h2-3,6-7H,1,4-5,8-9H2. The van der Waals surface area contributed by atoms with E-state index in [-0.39, 0.29) is 5.91 Å². The zero-order chi connectivity index (χ0) is 9.97. The van der Waals surface area contributed by atoms with Gasteiger partial charge in [-0.1, -0.05) is 18.2 Å². The maximum Gasteiger partial charge on any atom is 0.254 e. The third-order valence-corrected chi connectivity index (χ3v) is 2.64. The number of benzene rings is 1. The minimum absolute atomic E-state index is 0.133. The van der Waals surface area contributed by atoms with E-state index in [1.165, 1.54) is 0 Å². The summed E-state index contributed by atoms with van der Waals surface area (Å²) in [5.41, 5.74) is 1.57. The monoisotopic (exact) mass is 188 g/mol. The lowest BCUT2D eigenvalue weighted by molar-refractivity contribution is 0.0792. The van der Waals surface area contributed by atoms with Crippen molar-refractivity contribution in [1.29, 1.82) is 0 Å². The molecule has 0 aliphatic carbocycles. The van der Waals surface area contributed by atoms with Crippen molar-refractivity contribution in [3.05, 3.63) is 42.3 Å². The molecule has 1 aromatic rings. The highest BCUT2D eigenvalue weighted by molar-refractivity contribution is 5.96. The molecule has 1 fully saturated rings. The average Bonchev–Trinajstić information content (AvgIpc) is 2.70. The van der Waals surface area contributed by atoms with Crippen LogP contribution in [0.5, 0.6) is 0 Å². The second kappa shape index (κ2) is 3.82. The summed E-state index contributed by atoms with van der Waals surface area (Å²) in [7, 11) is 0. The van der Waals surface area contributed by atoms with Gasteiger partial charge in [-0.2, -0.15) is 0 Å². The van der Waals surface area contributed by atoms with E-state index in [0.29, 0.717) is 0 Å². The topological polar surface area (TPSA) is 20.3 Å². The molecule has 1 amide bonds. The van der Waals surface area contributed by atoms with Crippen molar-refractivity contribution in [2.45, 2.75) is 12.8 Å². The summed E-state index contributed by atoms with van der Waals surface area (Å²) in [5, 5.41) is 0. The zero-order valence-corrected chi connectivity index (χ0v) is 8.20. The van der Waals surface area contributed by atoms with Crippen molar-refractivity contribution in [1.82, 2.24) is 4.90 Å². The Morgan fingerprint density at radius 1 is 1.21 bits per heavy atom. The van der Waals surface area contributed by atoms with Gasteiger partial charge in [0.25, 0.3) is 5.91 Å². The number of likely N-dealkylation sites (tertiary alicyclic amines) is 1. The predicted octanol–water partition coefficient (Wildman–Crippen LogP) is 2.10. The molecule has 2 heteroatoms. The number of rotatable bonds is 1. The second-order valence-corrected chi connectivity index (χ2v) is 3.66. The lowest BCUT2D eigenvalue weighted by atomic mass is 10.1. The number of carbonyl (C=O) groups is 1. The first-order valence-electron chi connectivity index (χ1n) is 4.99. The summed E-state index contributed by atoms with van der Waals surface area (Å²) < 4.78 is 0. The normalized spacial score (nSPS) is 15.9. The van der Waals surface area contributed by atoms with Gasteiger partial charge in [0.2, 0.25) is 0 Å². The van der Waals surface area contributed by atoms with Crippen LogP contribution >= 0.6 is 0 Å². The molecule has 1 heterocycles. The second-order valence-electron chi connectivity index (χ2n) is 3.66. The molecule has 2 rings (SSSR count). The molecular formula is C12H14NO. The summed E-state index contributed by atoms with van der Waals surface area (Å²) in [4.78, 5) is 13.9. The molecule has 0 spiro atoms. The Morgan fingerprint density at radius 2 is 1.86 bits per heavy atom. The lowest BCUT2D eigenvalue weighted by Crippen LogP contribution is -2.28. The summed E-state index contributed by atoms with van der Waals surface area (Å²) in [6, 6.07) is 7.52. The Bertz CT molecular complexity index is 340. The van der Waals surface area contributed by atoms with E-state index < -0.39 is 0 Å². The molecule has 1 saturated heterocycles. The van der Waals surface area contributed by atoms with Gasteiger partial charge in [0.05, 0.1) is 0 Å². The van der Waals surface area contributed by atoms with E-state index in [1.54, 1.807) is 0 Å². The quantitative estimate of drug-likeness (QED) is 0.661. The zero-order valence-electron chi connectivity index (χ0n) is 8.20. The van der Waals surface area contributed by atoms with E-state index in [4.69, 9.17) is 0 Å². The van der Waals surface area contributed by atoms with Crippen molar-refractivity contribution in [2.75, 3.05) is 13.1 Å². The van der Waals surface area contributed by atoms with Gasteiger partial charge < -0.3 is 4.90 Å². The first kappa shape index (κ1) is 9.25. The first-order chi connectivity index (χ1) is 6.79. The summed E-state index contributed by atoms with van der Waals surface area (Å²) in [6.45, 7) is 5.66. The molecule has 73 valence electrons. The summed E-state index contributed by atoms with van der Waals surface area (Å²) in [6.07, 6.45) is 2.26. The molecule has 1 aliphatic rings. The van der Waals surface area contributed by atoms with E-state index >= 15 is 0 Å². The summed E-state index contributed by atoms with van der Waals surface area (Å²) >= 11 is 0. The maximum atomic E-state index is 12.0. The third-order valence-electron chi connectivity index (χ3n) is 2.64. The fourth-order valence-corrected chi connectivity index (χ4v) is 1.82. The number of carbonyl (C=O) groups excluding carboxylic acids is 1. The molecule has 0 saturated carbocycles. The van der Waals surface area contributed by atoms with Crippen molar-refractivity contribution >= 4 is 5.91 Å². The molecular weight excluding hydrogens is 174 g/mol. The van der Waals surface area contributed by atoms with Gasteiger partial charge in [0.15, 0.2) is 0 Å². The summed E-state index contributed by atoms with van der Waals surface area (Å²) in [5.74, 6) is 0.133. The minimum atomic E-state index is 0.133. The highest BCUT2D eigenvalue weighted by Gasteiger charge is 2.20. The van der Waals surface area contributed by atoms with E-state index in [9.17, 15) is 4.79 Å². The highest BCUT2D eigenvalue weighted by Crippen LogP contribution is 2.15. The molecule has 2 nitrogen and oxygen atoms in total. The Hall–Kier alpha value is -1.31. The Kier molecular flexibility index (Phi) is 2.53. The van der Waals surface area contributed by atoms with Gasteiger partial charge in [-0.3, -0.25) is 4.79 Å². The van der Waals surface area contributed by atoms with Crippen LogP contribution < -0.4 is 0 Å². The number of hydrogen-bond donors (Lipinski definition) is 0. The first-order valence-corrected chi connectivity index (χ1v) is 4.99. The van der Waals surface area contributed by atoms with Crippen molar-refractivity contribution in [3.63, 3.8) is 0 Å². The van der Waals surface area contributed by atoms with Gasteiger partial charge in [-0.15, -0.1) is 0 Å². The maximum absolute atomic E-state index is 12.0. The SMILES string of the molecule is [CH2]c1ccccc1C(=O)N1CCCC1. The average molecular weight is 188 g/mol. The minimum Gasteiger partial charge on any atom is -0.339 e. The van der Waals surface area contributed by atoms with Gasteiger partial charge in [0, 0.05) is 18.7 Å². The molecule has 14 heavy (non-hydrogen) atoms. The van der Waals surface area contributed by atoms with Gasteiger partial charge in [-0.25, -0.2) is 0 Å². The van der Waals surface area contributed by atoms with E-state index in [1.807, 2.05) is 29.2 Å². The Balaban J connectivity index is 2.22. The Labute approximate surface area is 84.5 Å². The largest absolute Gasteiger partial charge is 0.339 e. The van der Waals surface area contributed by atoms with Crippen molar-refractivity contribution in [3.8, 4) is 0 Å². The van der Waals surface area contributed by atoms with Crippen LogP contribution in [0.25, 0.3) is 0 Å². The van der Waals surface area contributed by atoms with Crippen LogP contribution in [0.3, 0.4) is 0 Å². The van der Waals surface area contributed by atoms with Crippen LogP contribution in [-0.2, 0) is 0 Å². The van der Waals surface area contributed by atoms with Crippen LogP contribution in [0, 0.1) is 6.92 Å². The third kappa shape index (κ3) is 1.65. The van der Waals surface area contributed by atoms with Crippen LogP contribution in [0.4, 0.5) is 0 Å². The predicted molar refractivity (Wildman–Crippen MR) is 56.0 cm³/mol. The number of amides is 1. The van der Waals surface area contributed by atoms with E-state index in [0.717, 1.165) is 37.1 Å². The molecule has 0 aromatic heterocycles. The molecule has 0 N–H and O–H groups in total. The van der Waals surface area contributed by atoms with E-state index in [2.05, 4.69) is 6.92 Å².